The first-order valence-electron chi connectivity index (χ1n) is 12.9. The van der Waals surface area contributed by atoms with E-state index >= 15 is 0 Å². The van der Waals surface area contributed by atoms with Crippen LogP contribution in [0.4, 0.5) is 11.6 Å². The summed E-state index contributed by atoms with van der Waals surface area (Å²) < 4.78 is 4.02. The number of nitrogens with one attached hydrogen (secondary N) is 1. The molecule has 1 aromatic carbocycles. The van der Waals surface area contributed by atoms with Crippen molar-refractivity contribution in [3.8, 4) is 0 Å². The molecule has 1 aliphatic heterocycles. The van der Waals surface area contributed by atoms with Crippen LogP contribution in [0.5, 0.6) is 0 Å². The number of imidazole rings is 1. The third-order valence-electron chi connectivity index (χ3n) is 6.79. The third-order valence-corrected chi connectivity index (χ3v) is 6.79. The van der Waals surface area contributed by atoms with Gasteiger partial charge in [0.25, 0.3) is 5.56 Å². The van der Waals surface area contributed by atoms with Crippen molar-refractivity contribution in [1.82, 2.24) is 18.7 Å². The monoisotopic (exact) mass is 521 g/mol. The number of aromatic nitrogens is 4. The molecule has 1 atom stereocenters. The zero-order valence-electron chi connectivity index (χ0n) is 22.3. The van der Waals surface area contributed by atoms with Gasteiger partial charge in [0.15, 0.2) is 16.9 Å². The highest BCUT2D eigenvalue weighted by Gasteiger charge is 2.27. The predicted octanol–water partition coefficient (Wildman–Crippen LogP) is 1.88. The van der Waals surface area contributed by atoms with Gasteiger partial charge in [-0.05, 0) is 31.9 Å². The number of nitrogens with zero attached hydrogens (tertiary/aromatic N) is 5. The van der Waals surface area contributed by atoms with Gasteiger partial charge in [-0.25, -0.2) is 4.79 Å². The number of aryl methyl sites for hydroxylation is 1. The molecule has 3 N–H and O–H groups in total. The molecule has 11 nitrogen and oxygen atoms in total. The van der Waals surface area contributed by atoms with Crippen molar-refractivity contribution in [2.75, 3.05) is 23.3 Å². The fraction of sp³-hybridized carbons (Fsp3) is 0.444. The van der Waals surface area contributed by atoms with Crippen molar-refractivity contribution in [2.24, 2.45) is 18.7 Å². The lowest BCUT2D eigenvalue weighted by Crippen LogP contribution is -2.44. The summed E-state index contributed by atoms with van der Waals surface area (Å²) in [6.07, 6.45) is 5.60. The minimum absolute atomic E-state index is 0.00640. The number of nitrogens with two attached hydrogens (primary N) is 1. The first-order valence-corrected chi connectivity index (χ1v) is 12.9. The van der Waals surface area contributed by atoms with Gasteiger partial charge in [0.2, 0.25) is 11.9 Å². The second kappa shape index (κ2) is 11.2. The van der Waals surface area contributed by atoms with Gasteiger partial charge >= 0.3 is 5.69 Å². The number of piperidine rings is 1. The molecule has 0 radical (unpaired) electrons. The van der Waals surface area contributed by atoms with Crippen molar-refractivity contribution >= 4 is 34.5 Å². The average molecular weight is 522 g/mol. The van der Waals surface area contributed by atoms with Crippen molar-refractivity contribution in [3.05, 3.63) is 62.8 Å². The maximum atomic E-state index is 13.8. The summed E-state index contributed by atoms with van der Waals surface area (Å²) in [5.74, 6) is -0.412. The molecule has 11 heteroatoms. The SMILES string of the molecule is CC=CCn1c(N2CCC[C@H](N)C2)nc2c1c(=O)n(CC(=O)c1ccccc1NC(=O)C(C)C)c(=O)n2C. The Morgan fingerprint density at radius 3 is 2.63 bits per heavy atom. The van der Waals surface area contributed by atoms with Crippen LogP contribution < -0.4 is 27.2 Å². The maximum Gasteiger partial charge on any atom is 0.332 e. The molecule has 3 aromatic rings. The number of allylic oxidation sites excluding steroid dienone is 2. The lowest BCUT2D eigenvalue weighted by Gasteiger charge is -2.31. The lowest BCUT2D eigenvalue weighted by molar-refractivity contribution is -0.118. The summed E-state index contributed by atoms with van der Waals surface area (Å²) in [6, 6.07) is 6.56. The van der Waals surface area contributed by atoms with E-state index < -0.39 is 23.6 Å². The number of anilines is 2. The van der Waals surface area contributed by atoms with Crippen LogP contribution in [-0.2, 0) is 24.9 Å². The molecule has 0 saturated carbocycles. The smallest absolute Gasteiger partial charge is 0.332 e. The van der Waals surface area contributed by atoms with Crippen LogP contribution in [0, 0.1) is 5.92 Å². The normalized spacial score (nSPS) is 16.1. The van der Waals surface area contributed by atoms with E-state index in [2.05, 4.69) is 5.32 Å². The number of Topliss-reactive ketones (excluding diaryl/α,β-unsaturated/α-hetero) is 1. The minimum Gasteiger partial charge on any atom is -0.341 e. The Bertz CT molecular complexity index is 1510. The number of rotatable bonds is 8. The highest BCUT2D eigenvalue weighted by atomic mass is 16.2. The molecule has 2 aromatic heterocycles. The van der Waals surface area contributed by atoms with E-state index in [1.165, 1.54) is 4.57 Å². The zero-order chi connectivity index (χ0) is 27.6. The van der Waals surface area contributed by atoms with Gasteiger partial charge in [0.05, 0.1) is 12.2 Å². The number of hydrogen-bond acceptors (Lipinski definition) is 7. The molecule has 0 bridgehead atoms. The van der Waals surface area contributed by atoms with E-state index in [1.807, 2.05) is 24.0 Å². The van der Waals surface area contributed by atoms with E-state index in [1.54, 1.807) is 49.7 Å². The van der Waals surface area contributed by atoms with Crippen LogP contribution in [0.15, 0.2) is 46.0 Å². The Morgan fingerprint density at radius 2 is 1.95 bits per heavy atom. The highest BCUT2D eigenvalue weighted by Crippen LogP contribution is 2.23. The summed E-state index contributed by atoms with van der Waals surface area (Å²) in [6.45, 7) is 6.62. The fourth-order valence-electron chi connectivity index (χ4n) is 4.66. The summed E-state index contributed by atoms with van der Waals surface area (Å²) >= 11 is 0. The topological polar surface area (TPSA) is 137 Å². The summed E-state index contributed by atoms with van der Waals surface area (Å²) in [5, 5.41) is 2.75. The molecule has 1 aliphatic rings. The Hall–Kier alpha value is -3.99. The molecule has 0 unspecified atom stereocenters. The number of carbonyl (C=O) groups is 2. The van der Waals surface area contributed by atoms with Gasteiger partial charge in [-0.3, -0.25) is 23.5 Å². The van der Waals surface area contributed by atoms with Crippen molar-refractivity contribution in [1.29, 1.82) is 0 Å². The Labute approximate surface area is 220 Å². The van der Waals surface area contributed by atoms with Crippen LogP contribution >= 0.6 is 0 Å². The maximum absolute atomic E-state index is 13.8. The van der Waals surface area contributed by atoms with Crippen LogP contribution in [0.25, 0.3) is 11.2 Å². The molecule has 1 amide bonds. The van der Waals surface area contributed by atoms with Crippen LogP contribution in [0.3, 0.4) is 0 Å². The molecule has 0 spiro atoms. The average Bonchev–Trinajstić information content (AvgIpc) is 3.28. The minimum atomic E-state index is -0.642. The summed E-state index contributed by atoms with van der Waals surface area (Å²) in [4.78, 5) is 59.4. The summed E-state index contributed by atoms with van der Waals surface area (Å²) in [5.41, 5.74) is 6.03. The van der Waals surface area contributed by atoms with Gasteiger partial charge in [-0.15, -0.1) is 0 Å². The molecule has 0 aliphatic carbocycles. The van der Waals surface area contributed by atoms with Gasteiger partial charge in [0, 0.05) is 44.2 Å². The van der Waals surface area contributed by atoms with Gasteiger partial charge < -0.3 is 20.5 Å². The van der Waals surface area contributed by atoms with E-state index in [9.17, 15) is 19.2 Å². The quantitative estimate of drug-likeness (QED) is 0.341. The molecular weight excluding hydrogens is 486 g/mol. The molecule has 1 fully saturated rings. The Balaban J connectivity index is 1.81. The second-order valence-electron chi connectivity index (χ2n) is 9.96. The largest absolute Gasteiger partial charge is 0.341 e. The van der Waals surface area contributed by atoms with Gasteiger partial charge in [-0.2, -0.15) is 4.98 Å². The number of hydrogen-bond donors (Lipinski definition) is 2. The number of carbonyl (C=O) groups excluding carboxylic acids is 2. The molecular formula is C27H35N7O4. The number of benzene rings is 1. The fourth-order valence-corrected chi connectivity index (χ4v) is 4.66. The first-order chi connectivity index (χ1) is 18.1. The molecule has 1 saturated heterocycles. The van der Waals surface area contributed by atoms with Crippen molar-refractivity contribution < 1.29 is 9.59 Å². The predicted molar refractivity (Wildman–Crippen MR) is 148 cm³/mol. The third kappa shape index (κ3) is 5.19. The Morgan fingerprint density at radius 1 is 1.21 bits per heavy atom. The first kappa shape index (κ1) is 27.1. The number of amides is 1. The molecule has 202 valence electrons. The molecule has 3 heterocycles. The van der Waals surface area contributed by atoms with E-state index in [0.717, 1.165) is 24.0 Å². The molecule has 38 heavy (non-hydrogen) atoms. The molecule has 4 rings (SSSR count). The zero-order valence-corrected chi connectivity index (χ0v) is 22.3. The Kier molecular flexibility index (Phi) is 7.96. The number of ketones is 1. The van der Waals surface area contributed by atoms with Crippen LogP contribution in [-0.4, -0.2) is 49.5 Å². The number of fused-ring (bicyclic) bond motifs is 1. The van der Waals surface area contributed by atoms with Crippen LogP contribution in [0.2, 0.25) is 0 Å². The van der Waals surface area contributed by atoms with Crippen LogP contribution in [0.1, 0.15) is 44.0 Å². The highest BCUT2D eigenvalue weighted by molar-refractivity contribution is 6.05. The standard InChI is InChI=1S/C27H35N7O4/c1-5-6-14-33-22-23(30-26(33)32-13-9-10-18(28)15-32)31(4)27(38)34(25(22)37)16-21(35)19-11-7-8-12-20(19)29-24(36)17(2)3/h5-8,11-12,17-18H,9-10,13-16,28H2,1-4H3,(H,29,36)/t18-/m0/s1. The lowest BCUT2D eigenvalue weighted by atomic mass is 10.1. The second-order valence-corrected chi connectivity index (χ2v) is 9.96. The van der Waals surface area contributed by atoms with E-state index in [4.69, 9.17) is 10.7 Å². The van der Waals surface area contributed by atoms with Crippen molar-refractivity contribution in [2.45, 2.75) is 52.7 Å². The number of para-hydroxylation sites is 1. The van der Waals surface area contributed by atoms with Gasteiger partial charge in [-0.1, -0.05) is 38.1 Å². The van der Waals surface area contributed by atoms with E-state index in [0.29, 0.717) is 24.7 Å². The van der Waals surface area contributed by atoms with Crippen molar-refractivity contribution in [3.63, 3.8) is 0 Å². The summed E-state index contributed by atoms with van der Waals surface area (Å²) in [7, 11) is 1.54. The van der Waals surface area contributed by atoms with Gasteiger partial charge in [0.1, 0.15) is 0 Å². The van der Waals surface area contributed by atoms with E-state index in [-0.39, 0.29) is 34.6 Å².